The lowest BCUT2D eigenvalue weighted by atomic mass is 10.4. The second-order valence-corrected chi connectivity index (χ2v) is 6.86. The summed E-state index contributed by atoms with van der Waals surface area (Å²) in [5, 5.41) is 4.17. The first-order valence-corrected chi connectivity index (χ1v) is 8.69. The molecule has 0 aliphatic carbocycles. The summed E-state index contributed by atoms with van der Waals surface area (Å²) < 4.78 is 3.49. The predicted octanol–water partition coefficient (Wildman–Crippen LogP) is 0.327. The lowest BCUT2D eigenvalue weighted by Gasteiger charge is -2.26. The Bertz CT molecular complexity index is 786. The topological polar surface area (TPSA) is 70.9 Å². The molecular formula is C13H20N6OS2. The Morgan fingerprint density at radius 1 is 1.27 bits per heavy atom. The van der Waals surface area contributed by atoms with E-state index in [0.717, 1.165) is 49.1 Å². The molecule has 1 aliphatic rings. The van der Waals surface area contributed by atoms with Gasteiger partial charge in [-0.15, -0.1) is 0 Å². The lowest BCUT2D eigenvalue weighted by molar-refractivity contribution is 0.255. The number of nitrogens with zero attached hydrogens (tertiary/aromatic N) is 4. The van der Waals surface area contributed by atoms with Crippen molar-refractivity contribution in [3.8, 4) is 0 Å². The fraction of sp³-hybridized carbons (Fsp3) is 0.615. The number of aryl methyl sites for hydroxylation is 1. The van der Waals surface area contributed by atoms with Crippen LogP contribution in [-0.2, 0) is 14.1 Å². The number of piperazine rings is 1. The Labute approximate surface area is 137 Å². The number of fused-ring (bicyclic) bond motifs is 1. The molecule has 3 rings (SSSR count). The van der Waals surface area contributed by atoms with Crippen molar-refractivity contribution in [1.29, 1.82) is 0 Å². The minimum absolute atomic E-state index is 0.152. The number of aromatic nitrogens is 4. The van der Waals surface area contributed by atoms with E-state index in [9.17, 15) is 4.79 Å². The summed E-state index contributed by atoms with van der Waals surface area (Å²) in [6.07, 6.45) is 0. The van der Waals surface area contributed by atoms with Crippen molar-refractivity contribution in [2.75, 3.05) is 38.5 Å². The predicted molar refractivity (Wildman–Crippen MR) is 91.2 cm³/mol. The molecule has 9 heteroatoms. The quantitative estimate of drug-likeness (QED) is 0.617. The number of thioether (sulfide) groups is 1. The zero-order chi connectivity index (χ0) is 15.7. The van der Waals surface area contributed by atoms with Gasteiger partial charge >= 0.3 is 5.69 Å². The Morgan fingerprint density at radius 3 is 2.73 bits per heavy atom. The van der Waals surface area contributed by atoms with Crippen LogP contribution < -0.4 is 11.0 Å². The first-order valence-electron chi connectivity index (χ1n) is 7.29. The summed E-state index contributed by atoms with van der Waals surface area (Å²) in [5.74, 6) is 0.965. The summed E-state index contributed by atoms with van der Waals surface area (Å²) >= 11 is 6.99. The van der Waals surface area contributed by atoms with Crippen LogP contribution in [0.2, 0.25) is 0 Å². The highest BCUT2D eigenvalue weighted by molar-refractivity contribution is 7.99. The molecular weight excluding hydrogens is 320 g/mol. The van der Waals surface area contributed by atoms with E-state index >= 15 is 0 Å². The van der Waals surface area contributed by atoms with Crippen molar-refractivity contribution in [1.82, 2.24) is 29.3 Å². The van der Waals surface area contributed by atoms with Gasteiger partial charge in [0, 0.05) is 52.6 Å². The van der Waals surface area contributed by atoms with Gasteiger partial charge in [0.05, 0.1) is 0 Å². The highest BCUT2D eigenvalue weighted by Gasteiger charge is 2.13. The van der Waals surface area contributed by atoms with Gasteiger partial charge in [0.25, 0.3) is 0 Å². The maximum Gasteiger partial charge on any atom is 0.330 e. The van der Waals surface area contributed by atoms with Gasteiger partial charge in [-0.1, -0.05) is 24.0 Å². The molecule has 1 aliphatic heterocycles. The average Bonchev–Trinajstić information content (AvgIpc) is 2.96. The van der Waals surface area contributed by atoms with Gasteiger partial charge in [-0.2, -0.15) is 0 Å². The monoisotopic (exact) mass is 340 g/mol. The Kier molecular flexibility index (Phi) is 4.67. The van der Waals surface area contributed by atoms with Crippen LogP contribution in [0.15, 0.2) is 9.95 Å². The molecule has 120 valence electrons. The fourth-order valence-electron chi connectivity index (χ4n) is 2.58. The normalized spacial score (nSPS) is 16.5. The van der Waals surface area contributed by atoms with Crippen LogP contribution >= 0.6 is 24.0 Å². The molecule has 0 saturated carbocycles. The van der Waals surface area contributed by atoms with E-state index in [-0.39, 0.29) is 5.69 Å². The molecule has 0 amide bonds. The van der Waals surface area contributed by atoms with Crippen LogP contribution in [0.5, 0.6) is 0 Å². The fourth-order valence-corrected chi connectivity index (χ4v) is 3.67. The number of H-pyrrole nitrogens is 1. The van der Waals surface area contributed by atoms with Crippen LogP contribution in [0.1, 0.15) is 0 Å². The molecule has 0 unspecified atom stereocenters. The molecule has 2 aromatic heterocycles. The molecule has 22 heavy (non-hydrogen) atoms. The van der Waals surface area contributed by atoms with Gasteiger partial charge in [0.15, 0.2) is 10.8 Å². The summed E-state index contributed by atoms with van der Waals surface area (Å²) in [4.78, 5) is 22.2. The largest absolute Gasteiger partial charge is 0.330 e. The summed E-state index contributed by atoms with van der Waals surface area (Å²) in [7, 11) is 3.40. The molecule has 7 nitrogen and oxygen atoms in total. The molecule has 0 atom stereocenters. The molecule has 0 spiro atoms. The number of nitrogens with one attached hydrogen (secondary N) is 2. The zero-order valence-corrected chi connectivity index (χ0v) is 14.4. The first-order chi connectivity index (χ1) is 10.6. The van der Waals surface area contributed by atoms with Gasteiger partial charge in [-0.05, 0) is 0 Å². The van der Waals surface area contributed by atoms with E-state index < -0.39 is 0 Å². The number of rotatable bonds is 4. The second kappa shape index (κ2) is 6.53. The highest BCUT2D eigenvalue weighted by atomic mass is 32.2. The number of hydrogen-bond acceptors (Lipinski definition) is 6. The van der Waals surface area contributed by atoms with Crippen molar-refractivity contribution in [3.63, 3.8) is 0 Å². The van der Waals surface area contributed by atoms with Crippen molar-refractivity contribution >= 4 is 35.1 Å². The maximum absolute atomic E-state index is 12.0. The molecule has 0 bridgehead atoms. The molecule has 0 radical (unpaired) electrons. The van der Waals surface area contributed by atoms with E-state index in [4.69, 9.17) is 12.2 Å². The average molecular weight is 340 g/mol. The highest BCUT2D eigenvalue weighted by Crippen LogP contribution is 2.19. The molecule has 3 heterocycles. The Hall–Kier alpha value is -1.16. The zero-order valence-electron chi connectivity index (χ0n) is 12.8. The van der Waals surface area contributed by atoms with Gasteiger partial charge in [-0.3, -0.25) is 14.0 Å². The van der Waals surface area contributed by atoms with Crippen molar-refractivity contribution in [3.05, 3.63) is 15.1 Å². The molecule has 1 fully saturated rings. The second-order valence-electron chi connectivity index (χ2n) is 5.39. The molecule has 2 aromatic rings. The Morgan fingerprint density at radius 2 is 2.00 bits per heavy atom. The SMILES string of the molecule is Cn1c(=S)c2[nH]c(SCCN3CCNCC3)nc2n(C)c1=O. The third-order valence-corrected chi connectivity index (χ3v) is 5.26. The number of imidazole rings is 1. The van der Waals surface area contributed by atoms with E-state index in [2.05, 4.69) is 20.2 Å². The summed E-state index contributed by atoms with van der Waals surface area (Å²) in [6, 6.07) is 0. The van der Waals surface area contributed by atoms with Crippen LogP contribution in [-0.4, -0.2) is 62.5 Å². The number of hydrogen-bond donors (Lipinski definition) is 2. The first kappa shape index (κ1) is 15.7. The van der Waals surface area contributed by atoms with Crippen molar-refractivity contribution < 1.29 is 0 Å². The summed E-state index contributed by atoms with van der Waals surface area (Å²) in [6.45, 7) is 5.36. The van der Waals surface area contributed by atoms with Gasteiger partial charge in [0.2, 0.25) is 0 Å². The smallest absolute Gasteiger partial charge is 0.329 e. The number of aromatic amines is 1. The van der Waals surface area contributed by atoms with Gasteiger partial charge in [-0.25, -0.2) is 9.78 Å². The van der Waals surface area contributed by atoms with Crippen molar-refractivity contribution in [2.45, 2.75) is 5.16 Å². The lowest BCUT2D eigenvalue weighted by Crippen LogP contribution is -2.44. The molecule has 1 saturated heterocycles. The molecule has 2 N–H and O–H groups in total. The molecule has 0 aromatic carbocycles. The van der Waals surface area contributed by atoms with Crippen LogP contribution in [0.25, 0.3) is 11.2 Å². The van der Waals surface area contributed by atoms with Crippen molar-refractivity contribution in [2.24, 2.45) is 14.1 Å². The standard InChI is InChI=1S/C13H20N6OS2/c1-17-10-9(11(21)18(2)13(17)20)15-12(16-10)22-8-7-19-5-3-14-4-6-19/h14H,3-8H2,1-2H3,(H,15,16). The van der Waals surface area contributed by atoms with Gasteiger partial charge < -0.3 is 10.3 Å². The van der Waals surface area contributed by atoms with Crippen LogP contribution in [0, 0.1) is 4.64 Å². The minimum Gasteiger partial charge on any atom is -0.329 e. The maximum atomic E-state index is 12.0. The van der Waals surface area contributed by atoms with E-state index in [1.54, 1.807) is 25.9 Å². The summed E-state index contributed by atoms with van der Waals surface area (Å²) in [5.41, 5.74) is 1.23. The van der Waals surface area contributed by atoms with E-state index in [0.29, 0.717) is 10.3 Å². The van der Waals surface area contributed by atoms with Crippen LogP contribution in [0.4, 0.5) is 0 Å². The Balaban J connectivity index is 1.75. The van der Waals surface area contributed by atoms with Crippen LogP contribution in [0.3, 0.4) is 0 Å². The third kappa shape index (κ3) is 2.98. The van der Waals surface area contributed by atoms with E-state index in [1.807, 2.05) is 0 Å². The van der Waals surface area contributed by atoms with Gasteiger partial charge in [0.1, 0.15) is 10.2 Å². The van der Waals surface area contributed by atoms with E-state index in [1.165, 1.54) is 9.13 Å². The third-order valence-electron chi connectivity index (χ3n) is 3.93. The minimum atomic E-state index is -0.152.